The van der Waals surface area contributed by atoms with E-state index in [1.807, 2.05) is 0 Å². The number of benzene rings is 1. The molecule has 1 amide bonds. The first kappa shape index (κ1) is 19.2. The minimum Gasteiger partial charge on any atom is -0.505 e. The van der Waals surface area contributed by atoms with Gasteiger partial charge in [0.1, 0.15) is 23.6 Å². The highest BCUT2D eigenvalue weighted by Gasteiger charge is 2.20. The van der Waals surface area contributed by atoms with Crippen LogP contribution in [0.25, 0.3) is 10.9 Å². The summed E-state index contributed by atoms with van der Waals surface area (Å²) < 4.78 is 10.7. The molecule has 0 fully saturated rings. The van der Waals surface area contributed by atoms with Crippen LogP contribution in [-0.4, -0.2) is 45.7 Å². The number of hydrogen-bond acceptors (Lipinski definition) is 7. The van der Waals surface area contributed by atoms with E-state index in [1.165, 1.54) is 12.1 Å². The molecule has 0 atom stereocenters. The molecule has 0 radical (unpaired) electrons. The van der Waals surface area contributed by atoms with Gasteiger partial charge in [0, 0.05) is 11.5 Å². The Balaban J connectivity index is 1.91. The zero-order chi connectivity index (χ0) is 20.3. The fourth-order valence-corrected chi connectivity index (χ4v) is 2.57. The van der Waals surface area contributed by atoms with Crippen LogP contribution in [-0.2, 0) is 4.79 Å². The van der Waals surface area contributed by atoms with E-state index in [1.54, 1.807) is 31.4 Å². The lowest BCUT2D eigenvalue weighted by Crippen LogP contribution is -2.30. The summed E-state index contributed by atoms with van der Waals surface area (Å²) >= 11 is 6.10. The summed E-state index contributed by atoms with van der Waals surface area (Å²) in [7, 11) is 1.55. The highest BCUT2D eigenvalue weighted by molar-refractivity contribution is 6.34. The molecule has 1 aromatic carbocycles. The molecule has 0 saturated heterocycles. The highest BCUT2D eigenvalue weighted by Crippen LogP contribution is 2.33. The topological polar surface area (TPSA) is 131 Å². The number of carboxylic acid groups (broad SMARTS) is 1. The zero-order valence-electron chi connectivity index (χ0n) is 14.5. The summed E-state index contributed by atoms with van der Waals surface area (Å²) in [6.07, 6.45) is 0. The second-order valence-electron chi connectivity index (χ2n) is 5.50. The van der Waals surface area contributed by atoms with Crippen LogP contribution >= 0.6 is 11.6 Å². The molecule has 0 spiro atoms. The van der Waals surface area contributed by atoms with Crippen LogP contribution in [0.5, 0.6) is 23.1 Å². The van der Waals surface area contributed by atoms with E-state index >= 15 is 0 Å². The standard InChI is InChI=1S/C18H14ClN3O6/c1-27-9-2-4-10(5-3-9)28-12-7-6-11-14(21-12)17(19)22-15(16(11)25)18(26)20-8-13(23)24/h2-7,25H,8H2,1H3,(H,20,26)(H,23,24). The molecular weight excluding hydrogens is 390 g/mol. The van der Waals surface area contributed by atoms with Crippen LogP contribution in [0.3, 0.4) is 0 Å². The van der Waals surface area contributed by atoms with E-state index in [0.29, 0.717) is 11.5 Å². The Morgan fingerprint density at radius 3 is 2.43 bits per heavy atom. The van der Waals surface area contributed by atoms with Gasteiger partial charge in [0.15, 0.2) is 16.6 Å². The number of amides is 1. The second-order valence-corrected chi connectivity index (χ2v) is 5.86. The molecule has 28 heavy (non-hydrogen) atoms. The van der Waals surface area contributed by atoms with Gasteiger partial charge < -0.3 is 25.0 Å². The van der Waals surface area contributed by atoms with Crippen LogP contribution in [0.2, 0.25) is 5.15 Å². The first-order valence-electron chi connectivity index (χ1n) is 7.90. The number of carboxylic acids is 1. The summed E-state index contributed by atoms with van der Waals surface area (Å²) in [6, 6.07) is 9.78. The average molecular weight is 404 g/mol. The Hall–Kier alpha value is -3.59. The zero-order valence-corrected chi connectivity index (χ0v) is 15.2. The molecule has 3 rings (SSSR count). The van der Waals surface area contributed by atoms with Crippen molar-refractivity contribution < 1.29 is 29.3 Å². The SMILES string of the molecule is COc1ccc(Oc2ccc3c(O)c(C(=O)NCC(=O)O)nc(Cl)c3n2)cc1. The molecule has 0 aliphatic carbocycles. The Kier molecular flexibility index (Phi) is 5.46. The van der Waals surface area contributed by atoms with Gasteiger partial charge in [-0.1, -0.05) is 11.6 Å². The third-order valence-electron chi connectivity index (χ3n) is 3.65. The van der Waals surface area contributed by atoms with Crippen molar-refractivity contribution in [2.45, 2.75) is 0 Å². The van der Waals surface area contributed by atoms with Gasteiger partial charge in [-0.25, -0.2) is 9.97 Å². The maximum absolute atomic E-state index is 12.0. The predicted molar refractivity (Wildman–Crippen MR) is 99.2 cm³/mol. The number of aliphatic carboxylic acids is 1. The summed E-state index contributed by atoms with van der Waals surface area (Å²) in [5.41, 5.74) is -0.274. The molecule has 0 aliphatic heterocycles. The van der Waals surface area contributed by atoms with Crippen molar-refractivity contribution in [2.75, 3.05) is 13.7 Å². The van der Waals surface area contributed by atoms with Crippen LogP contribution < -0.4 is 14.8 Å². The molecule has 3 N–H and O–H groups in total. The quantitative estimate of drug-likeness (QED) is 0.535. The van der Waals surface area contributed by atoms with Gasteiger partial charge in [0.2, 0.25) is 5.88 Å². The van der Waals surface area contributed by atoms with Crippen LogP contribution in [0.4, 0.5) is 0 Å². The molecule has 2 aromatic heterocycles. The lowest BCUT2D eigenvalue weighted by Gasteiger charge is -2.10. The highest BCUT2D eigenvalue weighted by atomic mass is 35.5. The molecular formula is C18H14ClN3O6. The van der Waals surface area contributed by atoms with Crippen LogP contribution in [0.15, 0.2) is 36.4 Å². The molecule has 9 nitrogen and oxygen atoms in total. The second kappa shape index (κ2) is 7.97. The molecule has 144 valence electrons. The fraction of sp³-hybridized carbons (Fsp3) is 0.111. The van der Waals surface area contributed by atoms with Crippen molar-refractivity contribution in [3.05, 3.63) is 47.2 Å². The Bertz CT molecular complexity index is 1060. The van der Waals surface area contributed by atoms with Crippen LogP contribution in [0, 0.1) is 0 Å². The summed E-state index contributed by atoms with van der Waals surface area (Å²) in [5.74, 6) is -1.20. The molecule has 0 aliphatic rings. The fourth-order valence-electron chi connectivity index (χ4n) is 2.34. The minimum atomic E-state index is -1.23. The van der Waals surface area contributed by atoms with Crippen LogP contribution in [0.1, 0.15) is 10.5 Å². The molecule has 0 bridgehead atoms. The molecule has 3 aromatic rings. The number of carbonyl (C=O) groups excluding carboxylic acids is 1. The summed E-state index contributed by atoms with van der Waals surface area (Å²) in [6.45, 7) is -0.623. The number of fused-ring (bicyclic) bond motifs is 1. The van der Waals surface area contributed by atoms with E-state index in [-0.39, 0.29) is 21.9 Å². The molecule has 0 saturated carbocycles. The lowest BCUT2D eigenvalue weighted by atomic mass is 10.2. The number of pyridine rings is 2. The Morgan fingerprint density at radius 1 is 1.11 bits per heavy atom. The van der Waals surface area contributed by atoms with Crippen molar-refractivity contribution >= 4 is 34.4 Å². The molecule has 10 heteroatoms. The number of hydrogen-bond donors (Lipinski definition) is 3. The first-order chi connectivity index (χ1) is 13.4. The number of carbonyl (C=O) groups is 2. The summed E-state index contributed by atoms with van der Waals surface area (Å²) in [4.78, 5) is 30.6. The van der Waals surface area contributed by atoms with Gasteiger partial charge in [-0.15, -0.1) is 0 Å². The normalized spacial score (nSPS) is 10.5. The molecule has 2 heterocycles. The van der Waals surface area contributed by atoms with Crippen molar-refractivity contribution in [3.8, 4) is 23.1 Å². The Labute approximate surface area is 163 Å². The Morgan fingerprint density at radius 2 is 1.79 bits per heavy atom. The van der Waals surface area contributed by atoms with Gasteiger partial charge >= 0.3 is 5.97 Å². The number of rotatable bonds is 6. The largest absolute Gasteiger partial charge is 0.505 e. The van der Waals surface area contributed by atoms with Crippen molar-refractivity contribution in [3.63, 3.8) is 0 Å². The smallest absolute Gasteiger partial charge is 0.322 e. The van der Waals surface area contributed by atoms with E-state index < -0.39 is 29.9 Å². The van der Waals surface area contributed by atoms with E-state index in [4.69, 9.17) is 26.2 Å². The third kappa shape index (κ3) is 4.04. The number of nitrogens with one attached hydrogen (secondary N) is 1. The average Bonchev–Trinajstić information content (AvgIpc) is 2.69. The minimum absolute atomic E-state index is 0.125. The number of methoxy groups -OCH3 is 1. The van der Waals surface area contributed by atoms with Crippen molar-refractivity contribution in [2.24, 2.45) is 0 Å². The summed E-state index contributed by atoms with van der Waals surface area (Å²) in [5, 5.41) is 21.1. The van der Waals surface area contributed by atoms with Crippen molar-refractivity contribution in [1.82, 2.24) is 15.3 Å². The van der Waals surface area contributed by atoms with Gasteiger partial charge in [0.25, 0.3) is 5.91 Å². The van der Waals surface area contributed by atoms with Crippen molar-refractivity contribution in [1.29, 1.82) is 0 Å². The van der Waals surface area contributed by atoms with E-state index in [9.17, 15) is 14.7 Å². The maximum Gasteiger partial charge on any atom is 0.322 e. The monoisotopic (exact) mass is 403 g/mol. The third-order valence-corrected chi connectivity index (χ3v) is 3.92. The first-order valence-corrected chi connectivity index (χ1v) is 8.28. The number of halogens is 1. The van der Waals surface area contributed by atoms with Gasteiger partial charge in [-0.3, -0.25) is 9.59 Å². The number of aromatic nitrogens is 2. The predicted octanol–water partition coefficient (Wildman–Crippen LogP) is 2.60. The number of ether oxygens (including phenoxy) is 2. The van der Waals surface area contributed by atoms with E-state index in [0.717, 1.165) is 0 Å². The van der Waals surface area contributed by atoms with E-state index in [2.05, 4.69) is 15.3 Å². The van der Waals surface area contributed by atoms with Gasteiger partial charge in [0.05, 0.1) is 7.11 Å². The van der Waals surface area contributed by atoms with Gasteiger partial charge in [-0.05, 0) is 30.3 Å². The number of aromatic hydroxyl groups is 1. The maximum atomic E-state index is 12.0. The molecule has 0 unspecified atom stereocenters. The number of nitrogens with zero attached hydrogens (tertiary/aromatic N) is 2. The van der Waals surface area contributed by atoms with Gasteiger partial charge in [-0.2, -0.15) is 0 Å². The lowest BCUT2D eigenvalue weighted by molar-refractivity contribution is -0.135.